The second-order valence-corrected chi connectivity index (χ2v) is 4.17. The van der Waals surface area contributed by atoms with E-state index in [1.165, 1.54) is 0 Å². The summed E-state index contributed by atoms with van der Waals surface area (Å²) in [5, 5.41) is 8.89. The molecule has 0 saturated heterocycles. The van der Waals surface area contributed by atoms with Gasteiger partial charge in [-0.2, -0.15) is 4.31 Å². The predicted octanol–water partition coefficient (Wildman–Crippen LogP) is -5.05. The van der Waals surface area contributed by atoms with Crippen LogP contribution < -0.4 is 34.7 Å². The molecule has 0 aromatic heterocycles. The zero-order valence-corrected chi connectivity index (χ0v) is 11.0. The van der Waals surface area contributed by atoms with Gasteiger partial charge in [0.05, 0.1) is 0 Å². The topological polar surface area (TPSA) is 164 Å². The maximum Gasteiger partial charge on any atom is 1.00 e. The smallest absolute Gasteiger partial charge is 0.550 e. The molecule has 0 heterocycles. The van der Waals surface area contributed by atoms with Crippen molar-refractivity contribution < 1.29 is 72.5 Å². The third kappa shape index (κ3) is 38.7. The first-order valence-electron chi connectivity index (χ1n) is 2.44. The molecule has 0 aromatic carbocycles. The Hall–Kier alpha value is 0.730. The molecule has 0 unspecified atom stereocenters. The molecule has 0 aliphatic heterocycles. The average molecular weight is 260 g/mol. The number of carbonyl (C=O) groups is 1. The van der Waals surface area contributed by atoms with Gasteiger partial charge in [0.1, 0.15) is 0 Å². The Bertz CT molecular complexity index is 226. The third-order valence-electron chi connectivity index (χ3n) is 0.213. The molecule has 0 saturated carbocycles. The summed E-state index contributed by atoms with van der Waals surface area (Å²) in [5.41, 5.74) is 0. The van der Waals surface area contributed by atoms with E-state index in [2.05, 4.69) is 4.31 Å². The van der Waals surface area contributed by atoms with E-state index in [1.54, 1.807) is 0 Å². The van der Waals surface area contributed by atoms with Gasteiger partial charge in [0.15, 0.2) is 0 Å². The maximum absolute atomic E-state index is 9.63. The molecule has 0 aliphatic rings. The molecule has 0 amide bonds. The summed E-state index contributed by atoms with van der Waals surface area (Å²) in [6.07, 6.45) is 0. The summed E-state index contributed by atoms with van der Waals surface area (Å²) in [6.45, 7) is 0.972. The first-order chi connectivity index (χ1) is 5.44. The van der Waals surface area contributed by atoms with Crippen LogP contribution in [-0.4, -0.2) is 25.5 Å². The number of hydrogen-bond donors (Lipinski definition) is 4. The number of rotatable bonds is 2. The molecule has 0 spiro atoms. The molecule has 4 N–H and O–H groups in total. The van der Waals surface area contributed by atoms with Gasteiger partial charge in [-0.15, -0.1) is 0 Å². The molecule has 14 heavy (non-hydrogen) atoms. The monoisotopic (exact) mass is 260 g/mol. The van der Waals surface area contributed by atoms with Gasteiger partial charge in [-0.1, -0.05) is 0 Å². The fourth-order valence-electron chi connectivity index (χ4n) is 0.139. The molecule has 0 atom stereocenters. The van der Waals surface area contributed by atoms with E-state index in [0.29, 0.717) is 0 Å². The first-order valence-corrected chi connectivity index (χ1v) is 5.50. The summed E-state index contributed by atoms with van der Waals surface area (Å²) in [7, 11) is -10.1. The van der Waals surface area contributed by atoms with Crippen LogP contribution in [0.15, 0.2) is 0 Å². The van der Waals surface area contributed by atoms with Gasteiger partial charge in [0.2, 0.25) is 0 Å². The maximum atomic E-state index is 9.63. The minimum atomic E-state index is -5.05. The largest absolute Gasteiger partial charge is 1.00 e. The van der Waals surface area contributed by atoms with E-state index in [1.807, 2.05) is 0 Å². The van der Waals surface area contributed by atoms with Gasteiger partial charge in [-0.25, -0.2) is 9.13 Å². The van der Waals surface area contributed by atoms with Crippen molar-refractivity contribution >= 4 is 21.6 Å². The Kier molecular flexibility index (Phi) is 11.5. The van der Waals surface area contributed by atoms with Crippen molar-refractivity contribution in [2.24, 2.45) is 0 Å². The van der Waals surface area contributed by atoms with Crippen LogP contribution in [0.25, 0.3) is 0 Å². The van der Waals surface area contributed by atoms with E-state index in [-0.39, 0.29) is 29.6 Å². The zero-order valence-electron chi connectivity index (χ0n) is 7.22. The van der Waals surface area contributed by atoms with Crippen molar-refractivity contribution in [2.75, 3.05) is 0 Å². The van der Waals surface area contributed by atoms with E-state index < -0.39 is 21.6 Å². The molecule has 0 radical (unpaired) electrons. The Balaban J connectivity index is -0.000000209. The van der Waals surface area contributed by atoms with Crippen LogP contribution in [0.5, 0.6) is 0 Å². The van der Waals surface area contributed by atoms with Crippen molar-refractivity contribution in [1.82, 2.24) is 0 Å². The van der Waals surface area contributed by atoms with Gasteiger partial charge in [-0.3, -0.25) is 0 Å². The molecular weight excluding hydrogens is 253 g/mol. The van der Waals surface area contributed by atoms with Crippen LogP contribution in [0.1, 0.15) is 6.92 Å². The van der Waals surface area contributed by atoms with Crippen LogP contribution in [0.4, 0.5) is 0 Å². The van der Waals surface area contributed by atoms with Crippen LogP contribution in [0.3, 0.4) is 0 Å². The summed E-state index contributed by atoms with van der Waals surface area (Å²) < 4.78 is 22.2. The van der Waals surface area contributed by atoms with Gasteiger partial charge >= 0.3 is 45.2 Å². The second-order valence-electron chi connectivity index (χ2n) is 1.55. The quantitative estimate of drug-likeness (QED) is 0.280. The van der Waals surface area contributed by atoms with Crippen LogP contribution in [-0.2, 0) is 18.2 Å². The first kappa shape index (κ1) is 20.2. The molecule has 0 fully saturated rings. The molecule has 0 aromatic rings. The summed E-state index contributed by atoms with van der Waals surface area (Å²) >= 11 is 0. The normalized spacial score (nSPS) is 10.6. The minimum absolute atomic E-state index is 0. The Morgan fingerprint density at radius 1 is 1.14 bits per heavy atom. The molecule has 12 heteroatoms. The fraction of sp³-hybridized carbons (Fsp3) is 0.500. The van der Waals surface area contributed by atoms with Crippen molar-refractivity contribution in [2.45, 2.75) is 6.92 Å². The predicted molar refractivity (Wildman–Crippen MR) is 35.9 cm³/mol. The number of carboxylic acids is 1. The van der Waals surface area contributed by atoms with E-state index in [4.69, 9.17) is 29.5 Å². The number of hydrogen-bond acceptors (Lipinski definition) is 5. The van der Waals surface area contributed by atoms with Gasteiger partial charge < -0.3 is 29.5 Å². The van der Waals surface area contributed by atoms with Gasteiger partial charge in [0.25, 0.3) is 0 Å². The zero-order chi connectivity index (χ0) is 11.3. The summed E-state index contributed by atoms with van der Waals surface area (Å²) in [6, 6.07) is 0. The van der Waals surface area contributed by atoms with E-state index in [0.717, 1.165) is 6.92 Å². The van der Waals surface area contributed by atoms with Gasteiger partial charge in [-0.05, 0) is 6.92 Å². The number of carbonyl (C=O) groups excluding carboxylic acids is 1. The molecule has 0 aliphatic carbocycles. The fourth-order valence-corrected chi connectivity index (χ4v) is 1.25. The molecule has 0 bridgehead atoms. The number of carboxylic acid groups (broad SMARTS) is 1. The standard InChI is InChI=1S/C2H4O2.Na.H4O7P2/c1-2(3)4;;1-8(2,3)7-9(4,5)6/h1H3,(H,3,4);;(H2,1,2,3)(H2,4,5,6)/q;+1;/p-1. The molecular formula is C2H7NaO9P2. The van der Waals surface area contributed by atoms with Crippen LogP contribution >= 0.6 is 15.6 Å². The summed E-state index contributed by atoms with van der Waals surface area (Å²) in [4.78, 5) is 39.9. The molecule has 9 nitrogen and oxygen atoms in total. The Morgan fingerprint density at radius 2 is 1.29 bits per heavy atom. The van der Waals surface area contributed by atoms with Gasteiger partial charge in [0, 0.05) is 5.97 Å². The summed E-state index contributed by atoms with van der Waals surface area (Å²) in [5.74, 6) is -1.08. The van der Waals surface area contributed by atoms with E-state index >= 15 is 0 Å². The van der Waals surface area contributed by atoms with Crippen molar-refractivity contribution in [3.63, 3.8) is 0 Å². The Morgan fingerprint density at radius 3 is 1.29 bits per heavy atom. The molecule has 0 rings (SSSR count). The average Bonchev–Trinajstić information content (AvgIpc) is 1.47. The second kappa shape index (κ2) is 7.95. The number of aliphatic carboxylic acids is 1. The van der Waals surface area contributed by atoms with Crippen molar-refractivity contribution in [3.05, 3.63) is 0 Å². The third-order valence-corrected chi connectivity index (χ3v) is 1.91. The Labute approximate surface area is 101 Å². The van der Waals surface area contributed by atoms with Crippen molar-refractivity contribution in [1.29, 1.82) is 0 Å². The van der Waals surface area contributed by atoms with E-state index in [9.17, 15) is 9.13 Å². The van der Waals surface area contributed by atoms with Crippen LogP contribution in [0.2, 0.25) is 0 Å². The number of phosphoric acid groups is 2. The van der Waals surface area contributed by atoms with Crippen molar-refractivity contribution in [3.8, 4) is 0 Å². The molecule has 80 valence electrons. The van der Waals surface area contributed by atoms with Crippen LogP contribution in [0, 0.1) is 0 Å². The minimum Gasteiger partial charge on any atom is -0.550 e. The SMILES string of the molecule is CC(=O)[O-].O=P(O)(O)OP(=O)(O)O.[Na+].